The Morgan fingerprint density at radius 2 is 1.44 bits per heavy atom. The highest BCUT2D eigenvalue weighted by Crippen LogP contribution is 2.24. The summed E-state index contributed by atoms with van der Waals surface area (Å²) in [6.07, 6.45) is 5.06. The van der Waals surface area contributed by atoms with E-state index in [0.29, 0.717) is 24.6 Å². The number of rotatable bonds is 6. The van der Waals surface area contributed by atoms with E-state index in [-0.39, 0.29) is 10.7 Å². The smallest absolute Gasteiger partial charge is 0.243 e. The number of carbonyl (C=O) groups is 1. The number of benzene rings is 3. The number of ketones is 1. The van der Waals surface area contributed by atoms with Crippen molar-refractivity contribution in [1.82, 2.24) is 4.31 Å². The standard InChI is InChI=1S/C27H27NO3S/c1-21-17-19-28(20-18-21)32(30,31)26-14-12-25(13-15-26)27(29)16-9-22-7-10-24(11-8-22)23-5-3-2-4-6-23/h2-16,21H,17-20H2,1H3. The second-order valence-electron chi connectivity index (χ2n) is 8.30. The molecule has 4 nitrogen and oxygen atoms in total. The maximum absolute atomic E-state index is 12.8. The molecule has 0 bridgehead atoms. The van der Waals surface area contributed by atoms with Crippen LogP contribution in [0, 0.1) is 5.92 Å². The second kappa shape index (κ2) is 9.63. The summed E-state index contributed by atoms with van der Waals surface area (Å²) in [6.45, 7) is 3.25. The Morgan fingerprint density at radius 3 is 2.06 bits per heavy atom. The number of carbonyl (C=O) groups excluding carboxylic acids is 1. The van der Waals surface area contributed by atoms with Crippen molar-refractivity contribution in [2.24, 2.45) is 5.92 Å². The maximum Gasteiger partial charge on any atom is 0.243 e. The Labute approximate surface area is 190 Å². The minimum Gasteiger partial charge on any atom is -0.289 e. The molecule has 0 unspecified atom stereocenters. The van der Waals surface area contributed by atoms with Crippen LogP contribution in [-0.4, -0.2) is 31.6 Å². The molecule has 0 aliphatic carbocycles. The molecule has 0 N–H and O–H groups in total. The zero-order chi connectivity index (χ0) is 22.6. The number of hydrogen-bond acceptors (Lipinski definition) is 3. The van der Waals surface area contributed by atoms with E-state index >= 15 is 0 Å². The Hall–Kier alpha value is -3.02. The summed E-state index contributed by atoms with van der Waals surface area (Å²) < 4.78 is 27.2. The van der Waals surface area contributed by atoms with Crippen molar-refractivity contribution in [3.8, 4) is 11.1 Å². The van der Waals surface area contributed by atoms with Crippen molar-refractivity contribution in [3.63, 3.8) is 0 Å². The number of nitrogens with zero attached hydrogens (tertiary/aromatic N) is 1. The zero-order valence-electron chi connectivity index (χ0n) is 18.1. The van der Waals surface area contributed by atoms with E-state index in [1.165, 1.54) is 18.2 Å². The van der Waals surface area contributed by atoms with Gasteiger partial charge in [-0.3, -0.25) is 4.79 Å². The summed E-state index contributed by atoms with van der Waals surface area (Å²) in [5.74, 6) is 0.399. The molecule has 0 amide bonds. The van der Waals surface area contributed by atoms with Gasteiger partial charge >= 0.3 is 0 Å². The van der Waals surface area contributed by atoms with E-state index in [1.54, 1.807) is 22.5 Å². The van der Waals surface area contributed by atoms with Gasteiger partial charge in [0.1, 0.15) is 0 Å². The predicted octanol–water partition coefficient (Wildman–Crippen LogP) is 5.67. The molecule has 0 atom stereocenters. The van der Waals surface area contributed by atoms with E-state index in [2.05, 4.69) is 19.1 Å². The fourth-order valence-corrected chi connectivity index (χ4v) is 5.32. The van der Waals surface area contributed by atoms with Gasteiger partial charge in [0.2, 0.25) is 10.0 Å². The van der Waals surface area contributed by atoms with Gasteiger partial charge in [0, 0.05) is 18.7 Å². The van der Waals surface area contributed by atoms with Gasteiger partial charge in [-0.1, -0.05) is 67.6 Å². The normalized spacial score (nSPS) is 15.8. The molecule has 1 fully saturated rings. The molecule has 1 aliphatic heterocycles. The van der Waals surface area contributed by atoms with Crippen LogP contribution in [0.3, 0.4) is 0 Å². The second-order valence-corrected chi connectivity index (χ2v) is 10.2. The molecule has 0 radical (unpaired) electrons. The van der Waals surface area contributed by atoms with Crippen molar-refractivity contribution < 1.29 is 13.2 Å². The maximum atomic E-state index is 12.8. The molecule has 164 valence electrons. The number of sulfonamides is 1. The van der Waals surface area contributed by atoms with E-state index in [0.717, 1.165) is 29.5 Å². The number of allylic oxidation sites excluding steroid dienone is 1. The van der Waals surface area contributed by atoms with Crippen molar-refractivity contribution in [2.45, 2.75) is 24.7 Å². The Kier molecular flexibility index (Phi) is 6.68. The quantitative estimate of drug-likeness (QED) is 0.363. The first-order valence-corrected chi connectivity index (χ1v) is 12.4. The van der Waals surface area contributed by atoms with Crippen LogP contribution in [-0.2, 0) is 10.0 Å². The van der Waals surface area contributed by atoms with Crippen LogP contribution in [0.1, 0.15) is 35.7 Å². The van der Waals surface area contributed by atoms with E-state index < -0.39 is 10.0 Å². The lowest BCUT2D eigenvalue weighted by atomic mass is 10.0. The van der Waals surface area contributed by atoms with Crippen LogP contribution in [0.4, 0.5) is 0 Å². The highest BCUT2D eigenvalue weighted by Gasteiger charge is 2.27. The van der Waals surface area contributed by atoms with Crippen molar-refractivity contribution in [3.05, 3.63) is 96.1 Å². The van der Waals surface area contributed by atoms with Crippen LogP contribution in [0.5, 0.6) is 0 Å². The molecule has 3 aromatic rings. The third-order valence-corrected chi connectivity index (χ3v) is 7.88. The molecule has 32 heavy (non-hydrogen) atoms. The van der Waals surface area contributed by atoms with Gasteiger partial charge in [0.15, 0.2) is 5.78 Å². The van der Waals surface area contributed by atoms with Crippen molar-refractivity contribution in [2.75, 3.05) is 13.1 Å². The van der Waals surface area contributed by atoms with Crippen LogP contribution < -0.4 is 0 Å². The fraction of sp³-hybridized carbons (Fsp3) is 0.222. The van der Waals surface area contributed by atoms with Gasteiger partial charge in [-0.05, 0) is 65.8 Å². The van der Waals surface area contributed by atoms with Crippen LogP contribution in [0.15, 0.2) is 89.8 Å². The summed E-state index contributed by atoms with van der Waals surface area (Å²) in [7, 11) is -3.51. The van der Waals surface area contributed by atoms with Gasteiger partial charge in [-0.25, -0.2) is 8.42 Å². The monoisotopic (exact) mass is 445 g/mol. The molecule has 1 heterocycles. The molecule has 3 aromatic carbocycles. The zero-order valence-corrected chi connectivity index (χ0v) is 19.0. The third kappa shape index (κ3) is 5.06. The topological polar surface area (TPSA) is 54.5 Å². The van der Waals surface area contributed by atoms with Gasteiger partial charge in [0.05, 0.1) is 4.90 Å². The molecular weight excluding hydrogens is 418 g/mol. The largest absolute Gasteiger partial charge is 0.289 e. The SMILES string of the molecule is CC1CCN(S(=O)(=O)c2ccc(C(=O)C=Cc3ccc(-c4ccccc4)cc3)cc2)CC1. The highest BCUT2D eigenvalue weighted by molar-refractivity contribution is 7.89. The molecule has 0 aromatic heterocycles. The average Bonchev–Trinajstić information content (AvgIpc) is 2.84. The van der Waals surface area contributed by atoms with Crippen LogP contribution in [0.25, 0.3) is 17.2 Å². The van der Waals surface area contributed by atoms with Gasteiger partial charge < -0.3 is 0 Å². The van der Waals surface area contributed by atoms with Crippen LogP contribution >= 0.6 is 0 Å². The van der Waals surface area contributed by atoms with E-state index in [1.807, 2.05) is 42.5 Å². The number of hydrogen-bond donors (Lipinski definition) is 0. The summed E-state index contributed by atoms with van der Waals surface area (Å²) >= 11 is 0. The van der Waals surface area contributed by atoms with E-state index in [9.17, 15) is 13.2 Å². The summed E-state index contributed by atoms with van der Waals surface area (Å²) in [4.78, 5) is 12.8. The summed E-state index contributed by atoms with van der Waals surface area (Å²) in [6, 6.07) is 24.4. The lowest BCUT2D eigenvalue weighted by molar-refractivity contribution is 0.104. The first-order valence-electron chi connectivity index (χ1n) is 10.9. The molecular formula is C27H27NO3S. The molecule has 5 heteroatoms. The van der Waals surface area contributed by atoms with Crippen LogP contribution in [0.2, 0.25) is 0 Å². The van der Waals surface area contributed by atoms with Gasteiger partial charge in [0.25, 0.3) is 0 Å². The Morgan fingerprint density at radius 1 is 0.844 bits per heavy atom. The number of piperidine rings is 1. The molecule has 1 saturated heterocycles. The van der Waals surface area contributed by atoms with Crippen molar-refractivity contribution >= 4 is 21.9 Å². The molecule has 1 aliphatic rings. The van der Waals surface area contributed by atoms with E-state index in [4.69, 9.17) is 0 Å². The first-order chi connectivity index (χ1) is 15.4. The fourth-order valence-electron chi connectivity index (χ4n) is 3.85. The Balaban J connectivity index is 1.42. The summed E-state index contributed by atoms with van der Waals surface area (Å²) in [5.41, 5.74) is 3.66. The first kappa shape index (κ1) is 22.2. The lowest BCUT2D eigenvalue weighted by Gasteiger charge is -2.29. The average molecular weight is 446 g/mol. The summed E-state index contributed by atoms with van der Waals surface area (Å²) in [5, 5.41) is 0. The minimum absolute atomic E-state index is 0.159. The minimum atomic E-state index is -3.51. The molecule has 0 spiro atoms. The van der Waals surface area contributed by atoms with Gasteiger partial charge in [-0.15, -0.1) is 0 Å². The molecule has 4 rings (SSSR count). The Bertz CT molecular complexity index is 1190. The predicted molar refractivity (Wildman–Crippen MR) is 129 cm³/mol. The van der Waals surface area contributed by atoms with Crippen molar-refractivity contribution in [1.29, 1.82) is 0 Å². The highest BCUT2D eigenvalue weighted by atomic mass is 32.2. The van der Waals surface area contributed by atoms with Gasteiger partial charge in [-0.2, -0.15) is 4.31 Å². The lowest BCUT2D eigenvalue weighted by Crippen LogP contribution is -2.37. The molecule has 0 saturated carbocycles. The third-order valence-electron chi connectivity index (χ3n) is 5.96.